The standard InChI is InChI=1S/C59H39N/c1-4-16-40(17-5-1)42-28-33-46(34-29-42)60(47-35-30-43(31-36-47)41-18-6-2-7-19-41)48-38-52(44-20-8-3-9-21-44)58-51-25-13-15-27-54(51)59(56(58)39-48)53-26-14-12-24-50(53)57-49-23-11-10-22-45(49)32-37-55(57)59/h1-39H. The fourth-order valence-corrected chi connectivity index (χ4v) is 10.3. The summed E-state index contributed by atoms with van der Waals surface area (Å²) in [7, 11) is 0. The second kappa shape index (κ2) is 13.7. The lowest BCUT2D eigenvalue weighted by molar-refractivity contribution is 0.794. The summed E-state index contributed by atoms with van der Waals surface area (Å²) in [5.74, 6) is 0. The molecule has 0 N–H and O–H groups in total. The van der Waals surface area contributed by atoms with E-state index < -0.39 is 5.41 Å². The lowest BCUT2D eigenvalue weighted by atomic mass is 9.70. The van der Waals surface area contributed by atoms with Crippen LogP contribution in [0.2, 0.25) is 0 Å². The van der Waals surface area contributed by atoms with Crippen molar-refractivity contribution in [2.75, 3.05) is 4.90 Å². The second-order valence-electron chi connectivity index (χ2n) is 16.0. The van der Waals surface area contributed by atoms with Crippen molar-refractivity contribution in [2.45, 2.75) is 5.41 Å². The minimum absolute atomic E-state index is 0.526. The van der Waals surface area contributed by atoms with Gasteiger partial charge in [-0.1, -0.05) is 200 Å². The second-order valence-corrected chi connectivity index (χ2v) is 16.0. The van der Waals surface area contributed by atoms with Crippen molar-refractivity contribution in [1.29, 1.82) is 0 Å². The van der Waals surface area contributed by atoms with Crippen molar-refractivity contribution in [3.05, 3.63) is 259 Å². The maximum atomic E-state index is 2.51. The van der Waals surface area contributed by atoms with E-state index in [1.165, 1.54) is 88.7 Å². The zero-order valence-electron chi connectivity index (χ0n) is 33.0. The van der Waals surface area contributed by atoms with Gasteiger partial charge < -0.3 is 4.90 Å². The van der Waals surface area contributed by atoms with Crippen LogP contribution in [0.15, 0.2) is 237 Å². The average molecular weight is 762 g/mol. The molecule has 1 spiro atoms. The summed E-state index contributed by atoms with van der Waals surface area (Å²) in [6, 6.07) is 87.3. The summed E-state index contributed by atoms with van der Waals surface area (Å²) in [6.45, 7) is 0. The van der Waals surface area contributed by atoms with Crippen molar-refractivity contribution in [1.82, 2.24) is 0 Å². The highest BCUT2D eigenvalue weighted by Crippen LogP contribution is 2.65. The minimum atomic E-state index is -0.526. The van der Waals surface area contributed by atoms with E-state index in [2.05, 4.69) is 241 Å². The van der Waals surface area contributed by atoms with Gasteiger partial charge >= 0.3 is 0 Å². The van der Waals surface area contributed by atoms with E-state index in [1.54, 1.807) is 0 Å². The first kappa shape index (κ1) is 34.3. The Hall–Kier alpha value is -7.74. The van der Waals surface area contributed by atoms with Crippen LogP contribution in [-0.4, -0.2) is 0 Å². The summed E-state index contributed by atoms with van der Waals surface area (Å²) < 4.78 is 0. The van der Waals surface area contributed by atoms with E-state index >= 15 is 0 Å². The molecule has 0 fully saturated rings. The van der Waals surface area contributed by atoms with Gasteiger partial charge in [0.25, 0.3) is 0 Å². The number of nitrogens with zero attached hydrogens (tertiary/aromatic N) is 1. The Kier molecular flexibility index (Phi) is 7.83. The van der Waals surface area contributed by atoms with Gasteiger partial charge in [-0.05, 0) is 125 Å². The molecule has 2 aliphatic carbocycles. The van der Waals surface area contributed by atoms with Gasteiger partial charge in [0.15, 0.2) is 0 Å². The third-order valence-corrected chi connectivity index (χ3v) is 12.9. The van der Waals surface area contributed by atoms with Crippen molar-refractivity contribution in [3.8, 4) is 55.6 Å². The van der Waals surface area contributed by atoms with Crippen molar-refractivity contribution >= 4 is 27.8 Å². The predicted molar refractivity (Wildman–Crippen MR) is 251 cm³/mol. The van der Waals surface area contributed by atoms with Crippen molar-refractivity contribution in [2.24, 2.45) is 0 Å². The highest BCUT2D eigenvalue weighted by Gasteiger charge is 2.53. The molecule has 0 aliphatic heterocycles. The molecular formula is C59H39N. The molecule has 0 bridgehead atoms. The Balaban J connectivity index is 1.16. The first-order valence-corrected chi connectivity index (χ1v) is 20.8. The van der Waals surface area contributed by atoms with E-state index in [4.69, 9.17) is 0 Å². The molecule has 2 aliphatic rings. The van der Waals surface area contributed by atoms with Crippen molar-refractivity contribution < 1.29 is 0 Å². The molecule has 0 saturated heterocycles. The normalized spacial score (nSPS) is 14.4. The molecule has 1 unspecified atom stereocenters. The average Bonchev–Trinajstić information content (AvgIpc) is 3.80. The molecule has 0 radical (unpaired) electrons. The van der Waals surface area contributed by atoms with Crippen LogP contribution in [0.25, 0.3) is 66.4 Å². The SMILES string of the molecule is c1ccc(-c2ccc(N(c3ccc(-c4ccccc4)cc3)c3cc(-c4ccccc4)c4c(c3)C3(c5ccccc5-4)c4ccccc4-c4c3ccc3ccccc43)cc2)cc1. The van der Waals surface area contributed by atoms with Gasteiger partial charge in [0.1, 0.15) is 0 Å². The first-order chi connectivity index (χ1) is 29.8. The number of rotatable bonds is 6. The maximum absolute atomic E-state index is 2.51. The molecule has 60 heavy (non-hydrogen) atoms. The van der Waals surface area contributed by atoms with Gasteiger partial charge in [-0.3, -0.25) is 0 Å². The Morgan fingerprint density at radius 3 is 1.32 bits per heavy atom. The fourth-order valence-electron chi connectivity index (χ4n) is 10.3. The summed E-state index contributed by atoms with van der Waals surface area (Å²) in [5, 5.41) is 2.56. The Labute approximate surface area is 351 Å². The van der Waals surface area contributed by atoms with Crippen LogP contribution in [0.3, 0.4) is 0 Å². The number of hydrogen-bond donors (Lipinski definition) is 0. The van der Waals surface area contributed by atoms with Gasteiger partial charge in [-0.25, -0.2) is 0 Å². The molecule has 0 saturated carbocycles. The van der Waals surface area contributed by atoms with E-state index in [-0.39, 0.29) is 0 Å². The molecule has 10 aromatic rings. The number of anilines is 3. The molecule has 1 atom stereocenters. The van der Waals surface area contributed by atoms with Gasteiger partial charge in [0.2, 0.25) is 0 Å². The predicted octanol–water partition coefficient (Wildman–Crippen LogP) is 15.7. The molecule has 10 aromatic carbocycles. The van der Waals surface area contributed by atoms with Crippen LogP contribution in [0.1, 0.15) is 22.3 Å². The largest absolute Gasteiger partial charge is 0.310 e. The molecule has 0 aromatic heterocycles. The molecule has 0 amide bonds. The minimum Gasteiger partial charge on any atom is -0.310 e. The Morgan fingerprint density at radius 2 is 0.733 bits per heavy atom. The molecule has 0 heterocycles. The lowest BCUT2D eigenvalue weighted by Gasteiger charge is -2.33. The zero-order chi connectivity index (χ0) is 39.6. The Bertz CT molecular complexity index is 3140. The van der Waals surface area contributed by atoms with E-state index in [9.17, 15) is 0 Å². The van der Waals surface area contributed by atoms with Crippen LogP contribution in [0.4, 0.5) is 17.1 Å². The zero-order valence-corrected chi connectivity index (χ0v) is 33.0. The van der Waals surface area contributed by atoms with Gasteiger partial charge in [0, 0.05) is 17.1 Å². The lowest BCUT2D eigenvalue weighted by Crippen LogP contribution is -2.26. The van der Waals surface area contributed by atoms with Crippen LogP contribution in [-0.2, 0) is 5.41 Å². The van der Waals surface area contributed by atoms with Gasteiger partial charge in [-0.15, -0.1) is 0 Å². The van der Waals surface area contributed by atoms with Crippen LogP contribution in [0, 0.1) is 0 Å². The molecular weight excluding hydrogens is 723 g/mol. The summed E-state index contributed by atoms with van der Waals surface area (Å²) in [5.41, 5.74) is 20.6. The third-order valence-electron chi connectivity index (χ3n) is 12.9. The maximum Gasteiger partial charge on any atom is 0.0726 e. The summed E-state index contributed by atoms with van der Waals surface area (Å²) in [6.07, 6.45) is 0. The fraction of sp³-hybridized carbons (Fsp3) is 0.0169. The van der Waals surface area contributed by atoms with E-state index in [1.807, 2.05) is 0 Å². The summed E-state index contributed by atoms with van der Waals surface area (Å²) >= 11 is 0. The highest BCUT2D eigenvalue weighted by atomic mass is 15.1. The van der Waals surface area contributed by atoms with Crippen LogP contribution in [0.5, 0.6) is 0 Å². The molecule has 1 heteroatoms. The number of hydrogen-bond acceptors (Lipinski definition) is 1. The molecule has 280 valence electrons. The quantitative estimate of drug-likeness (QED) is 0.163. The monoisotopic (exact) mass is 761 g/mol. The van der Waals surface area contributed by atoms with Crippen molar-refractivity contribution in [3.63, 3.8) is 0 Å². The van der Waals surface area contributed by atoms with Gasteiger partial charge in [-0.2, -0.15) is 0 Å². The number of benzene rings is 10. The van der Waals surface area contributed by atoms with Crippen LogP contribution < -0.4 is 4.90 Å². The van der Waals surface area contributed by atoms with E-state index in [0.717, 1.165) is 17.1 Å². The smallest absolute Gasteiger partial charge is 0.0726 e. The molecule has 12 rings (SSSR count). The van der Waals surface area contributed by atoms with Crippen LogP contribution >= 0.6 is 0 Å². The van der Waals surface area contributed by atoms with Gasteiger partial charge in [0.05, 0.1) is 5.41 Å². The first-order valence-electron chi connectivity index (χ1n) is 20.8. The number of fused-ring (bicyclic) bond motifs is 12. The van der Waals surface area contributed by atoms with E-state index in [0.29, 0.717) is 0 Å². The molecule has 1 nitrogen and oxygen atoms in total. The third kappa shape index (κ3) is 5.13. The summed E-state index contributed by atoms with van der Waals surface area (Å²) in [4.78, 5) is 2.45. The highest BCUT2D eigenvalue weighted by molar-refractivity contribution is 6.08. The Morgan fingerprint density at radius 1 is 0.267 bits per heavy atom. The topological polar surface area (TPSA) is 3.24 Å².